The minimum Gasteiger partial charge on any atom is -0.490 e. The van der Waals surface area contributed by atoms with Crippen LogP contribution in [0.4, 0.5) is 11.6 Å². The number of aromatic nitrogens is 2. The van der Waals surface area contributed by atoms with Gasteiger partial charge < -0.3 is 15.0 Å². The lowest BCUT2D eigenvalue weighted by Crippen LogP contribution is -2.19. The SMILES string of the molecule is CNc1ncnc(N(C)Cc2ccc(Br)cc2)c1OC. The van der Waals surface area contributed by atoms with Gasteiger partial charge in [-0.05, 0) is 17.7 Å². The van der Waals surface area contributed by atoms with Crippen LogP contribution < -0.4 is 15.0 Å². The maximum atomic E-state index is 5.41. The molecule has 0 aliphatic carbocycles. The number of anilines is 2. The monoisotopic (exact) mass is 336 g/mol. The number of benzene rings is 1. The van der Waals surface area contributed by atoms with Crippen molar-refractivity contribution in [3.05, 3.63) is 40.6 Å². The molecule has 1 heterocycles. The van der Waals surface area contributed by atoms with E-state index in [1.165, 1.54) is 11.9 Å². The molecule has 0 bridgehead atoms. The lowest BCUT2D eigenvalue weighted by Gasteiger charge is -2.21. The molecule has 2 rings (SSSR count). The molecular weight excluding hydrogens is 320 g/mol. The predicted molar refractivity (Wildman–Crippen MR) is 84.4 cm³/mol. The summed E-state index contributed by atoms with van der Waals surface area (Å²) < 4.78 is 6.48. The minimum absolute atomic E-state index is 0.648. The number of methoxy groups -OCH3 is 1. The summed E-state index contributed by atoms with van der Waals surface area (Å²) in [4.78, 5) is 10.5. The zero-order chi connectivity index (χ0) is 14.5. The highest BCUT2D eigenvalue weighted by Crippen LogP contribution is 2.31. The average molecular weight is 337 g/mol. The molecule has 1 N–H and O–H groups in total. The normalized spacial score (nSPS) is 10.2. The molecule has 5 nitrogen and oxygen atoms in total. The van der Waals surface area contributed by atoms with E-state index < -0.39 is 0 Å². The average Bonchev–Trinajstić information content (AvgIpc) is 2.48. The smallest absolute Gasteiger partial charge is 0.204 e. The maximum absolute atomic E-state index is 5.41. The van der Waals surface area contributed by atoms with Crippen LogP contribution in [0, 0.1) is 0 Å². The minimum atomic E-state index is 0.648. The molecule has 106 valence electrons. The van der Waals surface area contributed by atoms with Crippen LogP contribution in [0.5, 0.6) is 5.75 Å². The molecule has 0 unspecified atom stereocenters. The topological polar surface area (TPSA) is 50.3 Å². The highest BCUT2D eigenvalue weighted by molar-refractivity contribution is 9.10. The highest BCUT2D eigenvalue weighted by atomic mass is 79.9. The van der Waals surface area contributed by atoms with Gasteiger partial charge in [-0.25, -0.2) is 9.97 Å². The standard InChI is InChI=1S/C14H17BrN4O/c1-16-13-12(20-3)14(18-9-17-13)19(2)8-10-4-6-11(15)7-5-10/h4-7,9H,8H2,1-3H3,(H,16,17,18). The predicted octanol–water partition coefficient (Wildman–Crippen LogP) is 2.93. The molecule has 2 aromatic rings. The molecule has 0 atom stereocenters. The van der Waals surface area contributed by atoms with Gasteiger partial charge in [-0.3, -0.25) is 0 Å². The molecule has 6 heteroatoms. The van der Waals surface area contributed by atoms with Crippen LogP contribution in [0.25, 0.3) is 0 Å². The number of nitrogens with one attached hydrogen (secondary N) is 1. The molecule has 0 saturated heterocycles. The van der Waals surface area contributed by atoms with Gasteiger partial charge in [0, 0.05) is 25.1 Å². The number of nitrogens with zero attached hydrogens (tertiary/aromatic N) is 3. The van der Waals surface area contributed by atoms with Crippen molar-refractivity contribution in [3.63, 3.8) is 0 Å². The van der Waals surface area contributed by atoms with E-state index in [1.54, 1.807) is 7.11 Å². The van der Waals surface area contributed by atoms with E-state index in [0.29, 0.717) is 11.6 Å². The largest absolute Gasteiger partial charge is 0.490 e. The van der Waals surface area contributed by atoms with Gasteiger partial charge in [0.25, 0.3) is 0 Å². The van der Waals surface area contributed by atoms with Gasteiger partial charge in [-0.2, -0.15) is 0 Å². The van der Waals surface area contributed by atoms with E-state index in [0.717, 1.165) is 16.8 Å². The molecular formula is C14H17BrN4O. The second-order valence-corrected chi connectivity index (χ2v) is 5.23. The summed E-state index contributed by atoms with van der Waals surface area (Å²) in [6.07, 6.45) is 1.53. The molecule has 0 saturated carbocycles. The number of hydrogen-bond donors (Lipinski definition) is 1. The van der Waals surface area contributed by atoms with Gasteiger partial charge in [0.1, 0.15) is 6.33 Å². The van der Waals surface area contributed by atoms with Gasteiger partial charge in [0.2, 0.25) is 5.75 Å². The van der Waals surface area contributed by atoms with Gasteiger partial charge in [0.15, 0.2) is 11.6 Å². The third-order valence-electron chi connectivity index (χ3n) is 2.92. The Hall–Kier alpha value is -1.82. The van der Waals surface area contributed by atoms with Crippen molar-refractivity contribution in [1.82, 2.24) is 9.97 Å². The molecule has 1 aromatic carbocycles. The van der Waals surface area contributed by atoms with Gasteiger partial charge >= 0.3 is 0 Å². The van der Waals surface area contributed by atoms with Crippen molar-refractivity contribution < 1.29 is 4.74 Å². The Morgan fingerprint density at radius 2 is 1.95 bits per heavy atom. The van der Waals surface area contributed by atoms with Crippen LogP contribution in [0.15, 0.2) is 35.1 Å². The van der Waals surface area contributed by atoms with E-state index in [9.17, 15) is 0 Å². The van der Waals surface area contributed by atoms with E-state index >= 15 is 0 Å². The second-order valence-electron chi connectivity index (χ2n) is 4.31. The lowest BCUT2D eigenvalue weighted by molar-refractivity contribution is 0.413. The van der Waals surface area contributed by atoms with E-state index in [-0.39, 0.29) is 0 Å². The van der Waals surface area contributed by atoms with Crippen LogP contribution in [0.2, 0.25) is 0 Å². The van der Waals surface area contributed by atoms with E-state index in [2.05, 4.69) is 43.3 Å². The fourth-order valence-electron chi connectivity index (χ4n) is 1.94. The second kappa shape index (κ2) is 6.56. The number of halogens is 1. The third kappa shape index (κ3) is 3.19. The van der Waals surface area contributed by atoms with Crippen LogP contribution >= 0.6 is 15.9 Å². The van der Waals surface area contributed by atoms with Crippen molar-refractivity contribution in [2.45, 2.75) is 6.54 Å². The van der Waals surface area contributed by atoms with Crippen molar-refractivity contribution in [2.75, 3.05) is 31.4 Å². The van der Waals surface area contributed by atoms with Crippen molar-refractivity contribution in [3.8, 4) is 5.75 Å². The third-order valence-corrected chi connectivity index (χ3v) is 3.45. The molecule has 20 heavy (non-hydrogen) atoms. The van der Waals surface area contributed by atoms with Crippen molar-refractivity contribution >= 4 is 27.6 Å². The van der Waals surface area contributed by atoms with Crippen molar-refractivity contribution in [2.24, 2.45) is 0 Å². The maximum Gasteiger partial charge on any atom is 0.204 e. The summed E-state index contributed by atoms with van der Waals surface area (Å²) >= 11 is 3.44. The highest BCUT2D eigenvalue weighted by Gasteiger charge is 2.15. The number of rotatable bonds is 5. The molecule has 0 amide bonds. The molecule has 0 radical (unpaired) electrons. The Morgan fingerprint density at radius 3 is 2.55 bits per heavy atom. The summed E-state index contributed by atoms with van der Waals surface area (Å²) in [7, 11) is 5.41. The first-order chi connectivity index (χ1) is 9.65. The zero-order valence-electron chi connectivity index (χ0n) is 11.7. The summed E-state index contributed by atoms with van der Waals surface area (Å²) in [5.74, 6) is 2.09. The fourth-order valence-corrected chi connectivity index (χ4v) is 2.21. The summed E-state index contributed by atoms with van der Waals surface area (Å²) in [6, 6.07) is 8.21. The van der Waals surface area contributed by atoms with Crippen LogP contribution in [0.1, 0.15) is 5.56 Å². The Balaban J connectivity index is 2.24. The number of hydrogen-bond acceptors (Lipinski definition) is 5. The summed E-state index contributed by atoms with van der Waals surface area (Å²) in [5.41, 5.74) is 1.20. The Bertz CT molecular complexity index is 574. The molecule has 0 aliphatic rings. The Labute approximate surface area is 127 Å². The first kappa shape index (κ1) is 14.6. The zero-order valence-corrected chi connectivity index (χ0v) is 13.3. The number of ether oxygens (including phenoxy) is 1. The fraction of sp³-hybridized carbons (Fsp3) is 0.286. The first-order valence-electron chi connectivity index (χ1n) is 6.18. The lowest BCUT2D eigenvalue weighted by atomic mass is 10.2. The van der Waals surface area contributed by atoms with E-state index in [4.69, 9.17) is 4.74 Å². The van der Waals surface area contributed by atoms with Crippen molar-refractivity contribution in [1.29, 1.82) is 0 Å². The van der Waals surface area contributed by atoms with Crippen LogP contribution in [0.3, 0.4) is 0 Å². The summed E-state index contributed by atoms with van der Waals surface area (Å²) in [5, 5.41) is 3.00. The first-order valence-corrected chi connectivity index (χ1v) is 6.97. The summed E-state index contributed by atoms with van der Waals surface area (Å²) in [6.45, 7) is 0.740. The quantitative estimate of drug-likeness (QED) is 0.909. The molecule has 1 aromatic heterocycles. The van der Waals surface area contributed by atoms with Gasteiger partial charge in [0.05, 0.1) is 7.11 Å². The van der Waals surface area contributed by atoms with Crippen LogP contribution in [-0.2, 0) is 6.54 Å². The Kier molecular flexibility index (Phi) is 4.79. The Morgan fingerprint density at radius 1 is 1.25 bits per heavy atom. The molecule has 0 spiro atoms. The van der Waals surface area contributed by atoms with Gasteiger partial charge in [-0.15, -0.1) is 0 Å². The molecule has 0 fully saturated rings. The van der Waals surface area contributed by atoms with Crippen LogP contribution in [-0.4, -0.2) is 31.2 Å². The molecule has 0 aliphatic heterocycles. The van der Waals surface area contributed by atoms with E-state index in [1.807, 2.05) is 31.1 Å². The van der Waals surface area contributed by atoms with Gasteiger partial charge in [-0.1, -0.05) is 28.1 Å².